The molecule has 146 valence electrons. The van der Waals surface area contributed by atoms with Crippen LogP contribution in [0.15, 0.2) is 42.5 Å². The van der Waals surface area contributed by atoms with Crippen molar-refractivity contribution in [1.82, 2.24) is 0 Å². The van der Waals surface area contributed by atoms with Crippen molar-refractivity contribution >= 4 is 23.3 Å². The minimum Gasteiger partial charge on any atom is -0.497 e. The molecule has 1 heterocycles. The summed E-state index contributed by atoms with van der Waals surface area (Å²) in [5.41, 5.74) is 0.771. The Kier molecular flexibility index (Phi) is 5.78. The predicted octanol–water partition coefficient (Wildman–Crippen LogP) is 2.22. The van der Waals surface area contributed by atoms with E-state index in [0.717, 1.165) is 0 Å². The van der Waals surface area contributed by atoms with Gasteiger partial charge in [0, 0.05) is 0 Å². The highest BCUT2D eigenvalue weighted by Crippen LogP contribution is 2.29. The maximum Gasteiger partial charge on any atom is 0.310 e. The lowest BCUT2D eigenvalue weighted by atomic mass is 10.1. The smallest absolute Gasteiger partial charge is 0.310 e. The molecule has 1 amide bonds. The first-order valence-electron chi connectivity index (χ1n) is 8.49. The van der Waals surface area contributed by atoms with Crippen molar-refractivity contribution in [3.63, 3.8) is 0 Å². The predicted molar refractivity (Wildman–Crippen MR) is 98.9 cm³/mol. The number of carbonyl (C=O) groups excluding carboxylic acids is 3. The van der Waals surface area contributed by atoms with Gasteiger partial charge in [-0.25, -0.2) is 0 Å². The summed E-state index contributed by atoms with van der Waals surface area (Å²) in [6.07, 6.45) is -1.34. The molecule has 2 aromatic carbocycles. The number of benzene rings is 2. The van der Waals surface area contributed by atoms with Gasteiger partial charge in [-0.3, -0.25) is 14.4 Å². The fraction of sp³-hybridized carbons (Fsp3) is 0.250. The van der Waals surface area contributed by atoms with Crippen molar-refractivity contribution in [1.29, 1.82) is 0 Å². The van der Waals surface area contributed by atoms with E-state index in [1.165, 1.54) is 20.3 Å². The molecule has 1 atom stereocenters. The van der Waals surface area contributed by atoms with E-state index in [2.05, 4.69) is 5.32 Å². The third-order valence-corrected chi connectivity index (χ3v) is 4.13. The van der Waals surface area contributed by atoms with Crippen LogP contribution < -0.4 is 19.5 Å². The number of methoxy groups -OCH3 is 2. The van der Waals surface area contributed by atoms with Crippen LogP contribution in [0.2, 0.25) is 0 Å². The van der Waals surface area contributed by atoms with E-state index in [9.17, 15) is 14.4 Å². The lowest BCUT2D eigenvalue weighted by Crippen LogP contribution is -2.39. The highest BCUT2D eigenvalue weighted by molar-refractivity contribution is 6.01. The zero-order valence-electron chi connectivity index (χ0n) is 15.4. The Morgan fingerprint density at radius 1 is 1.11 bits per heavy atom. The molecule has 8 nitrogen and oxygen atoms in total. The second-order valence-electron chi connectivity index (χ2n) is 5.95. The van der Waals surface area contributed by atoms with Crippen LogP contribution in [0, 0.1) is 0 Å². The van der Waals surface area contributed by atoms with Crippen molar-refractivity contribution in [3.8, 4) is 17.2 Å². The molecular formula is C20H19NO7. The third kappa shape index (κ3) is 4.22. The average molecular weight is 385 g/mol. The molecule has 0 saturated carbocycles. The first kappa shape index (κ1) is 19.2. The third-order valence-electron chi connectivity index (χ3n) is 4.13. The maximum absolute atomic E-state index is 12.4. The summed E-state index contributed by atoms with van der Waals surface area (Å²) < 4.78 is 20.8. The zero-order valence-corrected chi connectivity index (χ0v) is 15.4. The molecule has 0 bridgehead atoms. The number of Topliss-reactive ketones (excluding diaryl/α,β-unsaturated/α-hetero) is 1. The van der Waals surface area contributed by atoms with Gasteiger partial charge in [0.15, 0.2) is 12.7 Å². The van der Waals surface area contributed by atoms with Crippen LogP contribution >= 0.6 is 0 Å². The summed E-state index contributed by atoms with van der Waals surface area (Å²) in [7, 11) is 2.91. The lowest BCUT2D eigenvalue weighted by molar-refractivity contribution is -0.146. The first-order chi connectivity index (χ1) is 13.5. The topological polar surface area (TPSA) is 100 Å². The van der Waals surface area contributed by atoms with Gasteiger partial charge in [0.1, 0.15) is 17.2 Å². The Balaban J connectivity index is 1.59. The number of carbonyl (C=O) groups is 3. The number of ether oxygens (including phenoxy) is 4. The maximum atomic E-state index is 12.4. The van der Waals surface area contributed by atoms with Crippen LogP contribution in [0.3, 0.4) is 0 Å². The van der Waals surface area contributed by atoms with E-state index >= 15 is 0 Å². The molecular weight excluding hydrogens is 366 g/mol. The highest BCUT2D eigenvalue weighted by atomic mass is 16.5. The second kappa shape index (κ2) is 8.43. The van der Waals surface area contributed by atoms with Gasteiger partial charge in [0.25, 0.3) is 5.91 Å². The van der Waals surface area contributed by atoms with Crippen LogP contribution in [0.4, 0.5) is 5.69 Å². The summed E-state index contributed by atoms with van der Waals surface area (Å²) in [6, 6.07) is 11.6. The van der Waals surface area contributed by atoms with Gasteiger partial charge < -0.3 is 24.3 Å². The quantitative estimate of drug-likeness (QED) is 0.576. The normalized spacial score (nSPS) is 14.9. The van der Waals surface area contributed by atoms with Crippen molar-refractivity contribution in [2.45, 2.75) is 12.5 Å². The molecule has 1 N–H and O–H groups in total. The van der Waals surface area contributed by atoms with Crippen molar-refractivity contribution in [3.05, 3.63) is 48.0 Å². The van der Waals surface area contributed by atoms with Crippen molar-refractivity contribution < 1.29 is 33.3 Å². The van der Waals surface area contributed by atoms with Crippen molar-refractivity contribution in [2.24, 2.45) is 0 Å². The van der Waals surface area contributed by atoms with Gasteiger partial charge in [0.05, 0.1) is 31.9 Å². The largest absolute Gasteiger partial charge is 0.497 e. The van der Waals surface area contributed by atoms with Gasteiger partial charge in [0.2, 0.25) is 5.78 Å². The zero-order chi connectivity index (χ0) is 20.1. The summed E-state index contributed by atoms with van der Waals surface area (Å²) in [6.45, 7) is -0.493. The molecule has 0 spiro atoms. The van der Waals surface area contributed by atoms with Gasteiger partial charge in [-0.2, -0.15) is 0 Å². The van der Waals surface area contributed by atoms with E-state index in [1.54, 1.807) is 36.4 Å². The van der Waals surface area contributed by atoms with Gasteiger partial charge in [-0.15, -0.1) is 0 Å². The number of hydrogen-bond donors (Lipinski definition) is 1. The number of nitrogens with one attached hydrogen (secondary N) is 1. The number of hydrogen-bond acceptors (Lipinski definition) is 7. The Bertz CT molecular complexity index is 909. The molecule has 28 heavy (non-hydrogen) atoms. The molecule has 0 fully saturated rings. The van der Waals surface area contributed by atoms with E-state index in [0.29, 0.717) is 22.9 Å². The molecule has 0 unspecified atom stereocenters. The second-order valence-corrected chi connectivity index (χ2v) is 5.95. The lowest BCUT2D eigenvalue weighted by Gasteiger charge is -2.25. The highest BCUT2D eigenvalue weighted by Gasteiger charge is 2.30. The van der Waals surface area contributed by atoms with Crippen LogP contribution in [-0.2, 0) is 14.3 Å². The Labute approximate surface area is 161 Å². The van der Waals surface area contributed by atoms with E-state index in [4.69, 9.17) is 18.9 Å². The Hall–Kier alpha value is -3.55. The molecule has 2 aromatic rings. The molecule has 0 saturated heterocycles. The molecule has 0 radical (unpaired) electrons. The average Bonchev–Trinajstić information content (AvgIpc) is 2.72. The molecule has 1 aliphatic rings. The number of amides is 1. The monoisotopic (exact) mass is 385 g/mol. The minimum absolute atomic E-state index is 0.232. The molecule has 8 heteroatoms. The summed E-state index contributed by atoms with van der Waals surface area (Å²) >= 11 is 0. The summed E-state index contributed by atoms with van der Waals surface area (Å²) in [5, 5.41) is 2.66. The fourth-order valence-electron chi connectivity index (χ4n) is 2.69. The number of para-hydroxylation sites is 2. The number of anilines is 1. The van der Waals surface area contributed by atoms with Gasteiger partial charge in [-0.1, -0.05) is 12.1 Å². The summed E-state index contributed by atoms with van der Waals surface area (Å²) in [4.78, 5) is 36.6. The van der Waals surface area contributed by atoms with E-state index in [1.807, 2.05) is 0 Å². The van der Waals surface area contributed by atoms with Gasteiger partial charge >= 0.3 is 5.97 Å². The standard InChI is InChI=1S/C20H19NO7/c1-25-12-7-8-16(26-2)13(9-12)15(22)11-27-19(23)10-18-20(24)21-14-5-3-4-6-17(14)28-18/h3-9,18H,10-11H2,1-2H3,(H,21,24)/t18-/m0/s1. The van der Waals surface area contributed by atoms with E-state index < -0.39 is 30.4 Å². The molecule has 3 rings (SSSR count). The molecule has 1 aliphatic heterocycles. The van der Waals surface area contributed by atoms with Gasteiger partial charge in [-0.05, 0) is 30.3 Å². The molecule has 0 aromatic heterocycles. The van der Waals surface area contributed by atoms with E-state index in [-0.39, 0.29) is 12.0 Å². The van der Waals surface area contributed by atoms with Crippen LogP contribution in [0.1, 0.15) is 16.8 Å². The van der Waals surface area contributed by atoms with Crippen LogP contribution in [0.25, 0.3) is 0 Å². The summed E-state index contributed by atoms with van der Waals surface area (Å²) in [5.74, 6) is -0.346. The number of fused-ring (bicyclic) bond motifs is 1. The Morgan fingerprint density at radius 2 is 1.89 bits per heavy atom. The number of esters is 1. The van der Waals surface area contributed by atoms with Crippen molar-refractivity contribution in [2.75, 3.05) is 26.1 Å². The SMILES string of the molecule is COc1ccc(OC)c(C(=O)COC(=O)C[C@@H]2Oc3ccccc3NC2=O)c1. The first-order valence-corrected chi connectivity index (χ1v) is 8.49. The Morgan fingerprint density at radius 3 is 2.64 bits per heavy atom. The van der Waals surface area contributed by atoms with Crippen LogP contribution in [-0.4, -0.2) is 44.6 Å². The molecule has 0 aliphatic carbocycles. The fourth-order valence-corrected chi connectivity index (χ4v) is 2.69. The number of ketones is 1. The minimum atomic E-state index is -1.02. The van der Waals surface area contributed by atoms with Crippen LogP contribution in [0.5, 0.6) is 17.2 Å². The number of rotatable bonds is 7.